The predicted octanol–water partition coefficient (Wildman–Crippen LogP) is 2.11. The lowest BCUT2D eigenvalue weighted by Crippen LogP contribution is -2.23. The zero-order valence-corrected chi connectivity index (χ0v) is 9.35. The Morgan fingerprint density at radius 3 is 3.00 bits per heavy atom. The molecule has 0 amide bonds. The maximum absolute atomic E-state index is 10.3. The van der Waals surface area contributed by atoms with Crippen molar-refractivity contribution in [3.63, 3.8) is 0 Å². The summed E-state index contributed by atoms with van der Waals surface area (Å²) in [5.74, 6) is 0. The van der Waals surface area contributed by atoms with Crippen molar-refractivity contribution in [2.24, 2.45) is 0 Å². The van der Waals surface area contributed by atoms with E-state index < -0.39 is 0 Å². The lowest BCUT2D eigenvalue weighted by molar-refractivity contribution is -0.108. The van der Waals surface area contributed by atoms with Gasteiger partial charge in [-0.15, -0.1) is 0 Å². The summed E-state index contributed by atoms with van der Waals surface area (Å²) in [6, 6.07) is 8.01. The van der Waals surface area contributed by atoms with Gasteiger partial charge in [0.25, 0.3) is 0 Å². The summed E-state index contributed by atoms with van der Waals surface area (Å²) >= 11 is 0. The largest absolute Gasteiger partial charge is 0.464 e. The van der Waals surface area contributed by atoms with Crippen LogP contribution in [0.5, 0.6) is 0 Å². The van der Waals surface area contributed by atoms with Gasteiger partial charge in [-0.05, 0) is 25.1 Å². The number of likely N-dealkylation sites (N-methyl/N-ethyl adjacent to an activating group) is 1. The van der Waals surface area contributed by atoms with Gasteiger partial charge in [-0.3, -0.25) is 4.90 Å². The summed E-state index contributed by atoms with van der Waals surface area (Å²) in [5, 5.41) is 1.17. The summed E-state index contributed by atoms with van der Waals surface area (Å²) in [7, 11) is 1.94. The van der Waals surface area contributed by atoms with Crippen molar-refractivity contribution in [1.82, 2.24) is 4.90 Å². The fourth-order valence-electron chi connectivity index (χ4n) is 1.76. The van der Waals surface area contributed by atoms with Gasteiger partial charge in [0, 0.05) is 11.9 Å². The van der Waals surface area contributed by atoms with Gasteiger partial charge in [0.2, 0.25) is 0 Å². The molecule has 0 atom stereocenters. The molecule has 0 saturated heterocycles. The molecule has 0 aliphatic heterocycles. The van der Waals surface area contributed by atoms with Crippen LogP contribution >= 0.6 is 0 Å². The van der Waals surface area contributed by atoms with Gasteiger partial charge in [-0.2, -0.15) is 0 Å². The fourth-order valence-corrected chi connectivity index (χ4v) is 1.76. The third-order valence-electron chi connectivity index (χ3n) is 2.71. The van der Waals surface area contributed by atoms with Crippen LogP contribution in [0.2, 0.25) is 0 Å². The molecule has 16 heavy (non-hydrogen) atoms. The first-order chi connectivity index (χ1) is 7.81. The van der Waals surface area contributed by atoms with E-state index in [0.29, 0.717) is 6.54 Å². The van der Waals surface area contributed by atoms with E-state index in [-0.39, 0.29) is 0 Å². The van der Waals surface area contributed by atoms with Crippen molar-refractivity contribution in [1.29, 1.82) is 0 Å². The second-order valence-electron chi connectivity index (χ2n) is 3.94. The fraction of sp³-hybridized carbons (Fsp3) is 0.308. The monoisotopic (exact) mass is 217 g/mol. The molecule has 0 unspecified atom stereocenters. The Labute approximate surface area is 94.7 Å². The van der Waals surface area contributed by atoms with Crippen LogP contribution in [0.25, 0.3) is 11.0 Å². The lowest BCUT2D eigenvalue weighted by atomic mass is 10.1. The molecule has 2 rings (SSSR count). The number of rotatable bonds is 5. The molecule has 0 radical (unpaired) electrons. The molecule has 0 aliphatic carbocycles. The number of aldehydes is 1. The van der Waals surface area contributed by atoms with E-state index in [2.05, 4.69) is 6.07 Å². The lowest BCUT2D eigenvalue weighted by Gasteiger charge is -2.11. The second kappa shape index (κ2) is 4.94. The molecule has 0 aliphatic rings. The average Bonchev–Trinajstić information content (AvgIpc) is 2.70. The Kier molecular flexibility index (Phi) is 3.37. The molecule has 0 fully saturated rings. The third-order valence-corrected chi connectivity index (χ3v) is 2.71. The van der Waals surface area contributed by atoms with Crippen LogP contribution < -0.4 is 0 Å². The molecule has 0 bridgehead atoms. The van der Waals surface area contributed by atoms with Crippen molar-refractivity contribution in [3.05, 3.63) is 36.1 Å². The summed E-state index contributed by atoms with van der Waals surface area (Å²) in [6.45, 7) is 1.35. The first kappa shape index (κ1) is 10.9. The average molecular weight is 217 g/mol. The van der Waals surface area contributed by atoms with Gasteiger partial charge in [-0.25, -0.2) is 0 Å². The topological polar surface area (TPSA) is 33.5 Å². The summed E-state index contributed by atoms with van der Waals surface area (Å²) in [6.07, 6.45) is 3.63. The molecule has 3 nitrogen and oxygen atoms in total. The number of hydrogen-bond acceptors (Lipinski definition) is 3. The molecule has 0 spiro atoms. The Bertz CT molecular complexity index is 475. The highest BCUT2D eigenvalue weighted by Crippen LogP contribution is 2.20. The van der Waals surface area contributed by atoms with Crippen molar-refractivity contribution < 1.29 is 9.21 Å². The molecule has 84 valence electrons. The van der Waals surface area contributed by atoms with Crippen LogP contribution in [0, 0.1) is 0 Å². The molecular weight excluding hydrogens is 202 g/mol. The third kappa shape index (κ3) is 2.31. The minimum atomic E-state index is 0.482. The Morgan fingerprint density at radius 1 is 1.38 bits per heavy atom. The van der Waals surface area contributed by atoms with Gasteiger partial charge >= 0.3 is 0 Å². The molecule has 0 saturated carbocycles. The normalized spacial score (nSPS) is 11.1. The van der Waals surface area contributed by atoms with E-state index in [1.807, 2.05) is 30.1 Å². The van der Waals surface area contributed by atoms with Gasteiger partial charge < -0.3 is 9.21 Å². The van der Waals surface area contributed by atoms with Gasteiger partial charge in [0.15, 0.2) is 0 Å². The number of para-hydroxylation sites is 1. The Morgan fingerprint density at radius 2 is 2.19 bits per heavy atom. The number of hydrogen-bond donors (Lipinski definition) is 0. The van der Waals surface area contributed by atoms with Crippen LogP contribution in [0.3, 0.4) is 0 Å². The summed E-state index contributed by atoms with van der Waals surface area (Å²) < 4.78 is 5.45. The van der Waals surface area contributed by atoms with E-state index >= 15 is 0 Å². The highest BCUT2D eigenvalue weighted by Gasteiger charge is 2.05. The van der Waals surface area contributed by atoms with Crippen LogP contribution in [0.4, 0.5) is 0 Å². The van der Waals surface area contributed by atoms with Crippen molar-refractivity contribution in [2.45, 2.75) is 6.42 Å². The molecule has 1 aromatic heterocycles. The number of carbonyl (C=O) groups excluding carboxylic acids is 1. The van der Waals surface area contributed by atoms with E-state index in [4.69, 9.17) is 4.42 Å². The highest BCUT2D eigenvalue weighted by molar-refractivity contribution is 5.80. The standard InChI is InChI=1S/C13H15NO2/c1-14(8-9-15)7-6-11-10-16-13-5-3-2-4-12(11)13/h2-5,9-10H,6-8H2,1H3. The van der Waals surface area contributed by atoms with Gasteiger partial charge in [-0.1, -0.05) is 18.2 Å². The minimum Gasteiger partial charge on any atom is -0.464 e. The zero-order chi connectivity index (χ0) is 11.4. The minimum absolute atomic E-state index is 0.482. The molecule has 0 N–H and O–H groups in total. The molecule has 1 heterocycles. The second-order valence-corrected chi connectivity index (χ2v) is 3.94. The SMILES string of the molecule is CN(CC=O)CCc1coc2ccccc12. The number of carbonyl (C=O) groups is 1. The predicted molar refractivity (Wildman–Crippen MR) is 63.5 cm³/mol. The Hall–Kier alpha value is -1.61. The number of benzene rings is 1. The van der Waals surface area contributed by atoms with E-state index in [9.17, 15) is 4.79 Å². The van der Waals surface area contributed by atoms with Crippen LogP contribution in [0.1, 0.15) is 5.56 Å². The van der Waals surface area contributed by atoms with Crippen LogP contribution in [0.15, 0.2) is 34.9 Å². The summed E-state index contributed by atoms with van der Waals surface area (Å²) in [4.78, 5) is 12.3. The van der Waals surface area contributed by atoms with Crippen molar-refractivity contribution in [2.75, 3.05) is 20.1 Å². The first-order valence-electron chi connectivity index (χ1n) is 5.38. The van der Waals surface area contributed by atoms with Crippen molar-refractivity contribution in [3.8, 4) is 0 Å². The number of fused-ring (bicyclic) bond motifs is 1. The first-order valence-corrected chi connectivity index (χ1v) is 5.38. The number of furan rings is 1. The zero-order valence-electron chi connectivity index (χ0n) is 9.35. The smallest absolute Gasteiger partial charge is 0.134 e. The van der Waals surface area contributed by atoms with Crippen LogP contribution in [-0.2, 0) is 11.2 Å². The molecule has 3 heteroatoms. The maximum Gasteiger partial charge on any atom is 0.134 e. The van der Waals surface area contributed by atoms with E-state index in [0.717, 1.165) is 24.8 Å². The maximum atomic E-state index is 10.3. The number of nitrogens with zero attached hydrogens (tertiary/aromatic N) is 1. The molecule has 1 aromatic carbocycles. The van der Waals surface area contributed by atoms with E-state index in [1.54, 1.807) is 6.26 Å². The molecule has 2 aromatic rings. The van der Waals surface area contributed by atoms with Crippen molar-refractivity contribution >= 4 is 17.3 Å². The van der Waals surface area contributed by atoms with Gasteiger partial charge in [0.05, 0.1) is 12.8 Å². The Balaban J connectivity index is 2.07. The summed E-state index contributed by atoms with van der Waals surface area (Å²) in [5.41, 5.74) is 2.13. The van der Waals surface area contributed by atoms with Crippen LogP contribution in [-0.4, -0.2) is 31.3 Å². The quantitative estimate of drug-likeness (QED) is 0.719. The molecular formula is C13H15NO2. The highest BCUT2D eigenvalue weighted by atomic mass is 16.3. The van der Waals surface area contributed by atoms with Gasteiger partial charge in [0.1, 0.15) is 11.9 Å². The van der Waals surface area contributed by atoms with E-state index in [1.165, 1.54) is 10.9 Å².